The summed E-state index contributed by atoms with van der Waals surface area (Å²) < 4.78 is 5.20. The molecule has 4 rings (SSSR count). The first kappa shape index (κ1) is 22.7. The van der Waals surface area contributed by atoms with Gasteiger partial charge in [0, 0.05) is 22.2 Å². The summed E-state index contributed by atoms with van der Waals surface area (Å²) in [5.74, 6) is -0.352. The molecule has 1 heterocycles. The minimum atomic E-state index is -0.544. The molecule has 0 aliphatic carbocycles. The average Bonchev–Trinajstić information content (AvgIpc) is 3.32. The number of hydrogen-bond donors (Lipinski definition) is 3. The van der Waals surface area contributed by atoms with Crippen LogP contribution in [0.15, 0.2) is 89.3 Å². The Morgan fingerprint density at radius 1 is 1.00 bits per heavy atom. The molecule has 0 radical (unpaired) electrons. The minimum absolute atomic E-state index is 0.184. The van der Waals surface area contributed by atoms with Crippen molar-refractivity contribution in [2.75, 3.05) is 11.9 Å². The van der Waals surface area contributed by atoms with E-state index in [0.29, 0.717) is 11.3 Å². The van der Waals surface area contributed by atoms with E-state index in [9.17, 15) is 9.59 Å². The Morgan fingerprint density at radius 2 is 1.74 bits per heavy atom. The highest BCUT2D eigenvalue weighted by Gasteiger charge is 2.08. The number of thiazole rings is 1. The number of hydrazone groups is 1. The molecule has 0 saturated heterocycles. The van der Waals surface area contributed by atoms with Crippen molar-refractivity contribution in [3.8, 4) is 17.0 Å². The maximum Gasteiger partial charge on any atom is 0.271 e. The van der Waals surface area contributed by atoms with Crippen molar-refractivity contribution in [2.24, 2.45) is 10.8 Å². The lowest BCUT2D eigenvalue weighted by atomic mass is 10.1. The summed E-state index contributed by atoms with van der Waals surface area (Å²) in [4.78, 5) is 27.7. The molecular formula is C25H21N5O3S. The number of nitrogens with one attached hydrogen (secondary N) is 2. The summed E-state index contributed by atoms with van der Waals surface area (Å²) in [5.41, 5.74) is 11.5. The Morgan fingerprint density at radius 3 is 2.44 bits per heavy atom. The molecule has 0 aliphatic rings. The van der Waals surface area contributed by atoms with Crippen molar-refractivity contribution < 1.29 is 14.3 Å². The lowest BCUT2D eigenvalue weighted by molar-refractivity contribution is -0.119. The summed E-state index contributed by atoms with van der Waals surface area (Å²) in [6.45, 7) is -0.184. The quantitative estimate of drug-likeness (QED) is 0.250. The third-order valence-electron chi connectivity index (χ3n) is 4.61. The molecule has 170 valence electrons. The number of para-hydroxylation sites is 1. The molecule has 0 spiro atoms. The van der Waals surface area contributed by atoms with Gasteiger partial charge in [0.1, 0.15) is 5.75 Å². The van der Waals surface area contributed by atoms with E-state index in [0.717, 1.165) is 27.6 Å². The maximum absolute atomic E-state index is 12.4. The van der Waals surface area contributed by atoms with E-state index in [2.05, 4.69) is 20.8 Å². The van der Waals surface area contributed by atoms with Gasteiger partial charge in [-0.05, 0) is 54.1 Å². The molecule has 34 heavy (non-hydrogen) atoms. The van der Waals surface area contributed by atoms with E-state index in [1.165, 1.54) is 17.6 Å². The molecule has 1 aromatic heterocycles. The lowest BCUT2D eigenvalue weighted by Gasteiger charge is -2.04. The van der Waals surface area contributed by atoms with Crippen molar-refractivity contribution in [1.29, 1.82) is 0 Å². The van der Waals surface area contributed by atoms with Crippen LogP contribution in [-0.2, 0) is 4.79 Å². The maximum atomic E-state index is 12.4. The van der Waals surface area contributed by atoms with Gasteiger partial charge in [0.15, 0.2) is 11.7 Å². The second kappa shape index (κ2) is 10.9. The van der Waals surface area contributed by atoms with E-state index >= 15 is 0 Å². The number of primary amides is 1. The molecule has 0 saturated carbocycles. The van der Waals surface area contributed by atoms with Gasteiger partial charge in [-0.2, -0.15) is 5.10 Å². The van der Waals surface area contributed by atoms with Crippen LogP contribution in [0.2, 0.25) is 0 Å². The third-order valence-corrected chi connectivity index (χ3v) is 5.37. The number of nitrogens with zero attached hydrogens (tertiary/aromatic N) is 2. The van der Waals surface area contributed by atoms with Crippen LogP contribution in [0.1, 0.15) is 15.9 Å². The predicted molar refractivity (Wildman–Crippen MR) is 133 cm³/mol. The number of carbonyl (C=O) groups is 2. The standard InChI is InChI=1S/C25H21N5O3S/c26-23(31)15-33-21-12-6-17(7-13-21)14-27-30-24(32)19-10-8-18(9-11-19)22-16-34-25(29-22)28-20-4-2-1-3-5-20/h1-14,16H,15H2,(H2,26,31)(H,28,29)(H,30,32)/b27-14+. The zero-order valence-electron chi connectivity index (χ0n) is 18.0. The molecule has 0 aliphatic heterocycles. The van der Waals surface area contributed by atoms with Gasteiger partial charge in [0.25, 0.3) is 11.8 Å². The van der Waals surface area contributed by atoms with E-state index < -0.39 is 5.91 Å². The van der Waals surface area contributed by atoms with Crippen molar-refractivity contribution in [3.05, 3.63) is 95.4 Å². The Kier molecular flexibility index (Phi) is 7.26. The van der Waals surface area contributed by atoms with Crippen LogP contribution in [0, 0.1) is 0 Å². The van der Waals surface area contributed by atoms with Crippen molar-refractivity contribution in [3.63, 3.8) is 0 Å². The summed E-state index contributed by atoms with van der Waals surface area (Å²) >= 11 is 1.51. The summed E-state index contributed by atoms with van der Waals surface area (Å²) in [7, 11) is 0. The van der Waals surface area contributed by atoms with Crippen LogP contribution in [-0.4, -0.2) is 29.6 Å². The fraction of sp³-hybridized carbons (Fsp3) is 0.0400. The summed E-state index contributed by atoms with van der Waals surface area (Å²) in [6.07, 6.45) is 1.51. The Labute approximate surface area is 200 Å². The van der Waals surface area contributed by atoms with Crippen LogP contribution in [0.25, 0.3) is 11.3 Å². The van der Waals surface area contributed by atoms with Crippen LogP contribution in [0.5, 0.6) is 5.75 Å². The SMILES string of the molecule is NC(=O)COc1ccc(/C=N/NC(=O)c2ccc(-c3csc(Nc4ccccc4)n3)cc2)cc1. The number of aromatic nitrogens is 1. The molecule has 0 atom stereocenters. The Hall–Kier alpha value is -4.50. The second-order valence-corrected chi connectivity index (χ2v) is 7.99. The number of rotatable bonds is 9. The molecule has 4 aromatic rings. The van der Waals surface area contributed by atoms with Crippen LogP contribution in [0.4, 0.5) is 10.8 Å². The second-order valence-electron chi connectivity index (χ2n) is 7.13. The zero-order valence-corrected chi connectivity index (χ0v) is 18.8. The molecule has 9 heteroatoms. The number of hydrogen-bond acceptors (Lipinski definition) is 7. The molecule has 8 nitrogen and oxygen atoms in total. The zero-order chi connectivity index (χ0) is 23.8. The number of nitrogens with two attached hydrogens (primary N) is 1. The largest absolute Gasteiger partial charge is 0.484 e. The van der Waals surface area contributed by atoms with Gasteiger partial charge < -0.3 is 15.8 Å². The fourth-order valence-electron chi connectivity index (χ4n) is 2.94. The van der Waals surface area contributed by atoms with E-state index in [1.807, 2.05) is 47.8 Å². The molecule has 3 aromatic carbocycles. The molecule has 0 bridgehead atoms. The van der Waals surface area contributed by atoms with E-state index in [1.54, 1.807) is 36.4 Å². The number of ether oxygens (including phenoxy) is 1. The third kappa shape index (κ3) is 6.27. The fourth-order valence-corrected chi connectivity index (χ4v) is 3.68. The number of amides is 2. The van der Waals surface area contributed by atoms with Gasteiger partial charge in [-0.3, -0.25) is 9.59 Å². The van der Waals surface area contributed by atoms with Gasteiger partial charge in [0.05, 0.1) is 11.9 Å². The van der Waals surface area contributed by atoms with Gasteiger partial charge in [-0.25, -0.2) is 10.4 Å². The smallest absolute Gasteiger partial charge is 0.271 e. The van der Waals surface area contributed by atoms with Crippen LogP contribution in [0.3, 0.4) is 0 Å². The lowest BCUT2D eigenvalue weighted by Crippen LogP contribution is -2.20. The van der Waals surface area contributed by atoms with E-state index in [-0.39, 0.29) is 12.5 Å². The Balaban J connectivity index is 1.31. The van der Waals surface area contributed by atoms with Crippen molar-refractivity contribution in [1.82, 2.24) is 10.4 Å². The summed E-state index contributed by atoms with van der Waals surface area (Å²) in [6, 6.07) is 23.9. The molecule has 0 fully saturated rings. The van der Waals surface area contributed by atoms with Gasteiger partial charge >= 0.3 is 0 Å². The highest BCUT2D eigenvalue weighted by molar-refractivity contribution is 7.14. The number of carbonyl (C=O) groups excluding carboxylic acids is 2. The summed E-state index contributed by atoms with van der Waals surface area (Å²) in [5, 5.41) is 10.0. The highest BCUT2D eigenvalue weighted by Crippen LogP contribution is 2.27. The first-order chi connectivity index (χ1) is 16.6. The average molecular weight is 472 g/mol. The normalized spacial score (nSPS) is 10.7. The highest BCUT2D eigenvalue weighted by atomic mass is 32.1. The minimum Gasteiger partial charge on any atom is -0.484 e. The van der Waals surface area contributed by atoms with E-state index in [4.69, 9.17) is 10.5 Å². The molecule has 2 amide bonds. The number of benzene rings is 3. The topological polar surface area (TPSA) is 119 Å². The van der Waals surface area contributed by atoms with Gasteiger partial charge in [-0.15, -0.1) is 11.3 Å². The molecule has 4 N–H and O–H groups in total. The van der Waals surface area contributed by atoms with Crippen molar-refractivity contribution >= 4 is 40.2 Å². The first-order valence-corrected chi connectivity index (χ1v) is 11.2. The predicted octanol–water partition coefficient (Wildman–Crippen LogP) is 4.18. The van der Waals surface area contributed by atoms with Crippen LogP contribution >= 0.6 is 11.3 Å². The van der Waals surface area contributed by atoms with Crippen LogP contribution < -0.4 is 21.2 Å². The monoisotopic (exact) mass is 471 g/mol. The number of anilines is 2. The Bertz CT molecular complexity index is 1290. The molecular weight excluding hydrogens is 450 g/mol. The van der Waals surface area contributed by atoms with Crippen molar-refractivity contribution in [2.45, 2.75) is 0 Å². The first-order valence-electron chi connectivity index (χ1n) is 10.3. The van der Waals surface area contributed by atoms with Gasteiger partial charge in [0.2, 0.25) is 0 Å². The van der Waals surface area contributed by atoms with Gasteiger partial charge in [-0.1, -0.05) is 30.3 Å². The molecule has 0 unspecified atom stereocenters.